The summed E-state index contributed by atoms with van der Waals surface area (Å²) < 4.78 is 0. The molecule has 2 heterocycles. The van der Waals surface area contributed by atoms with Crippen molar-refractivity contribution in [3.63, 3.8) is 0 Å². The van der Waals surface area contributed by atoms with Crippen LogP contribution in [0.15, 0.2) is 64.9 Å². The summed E-state index contributed by atoms with van der Waals surface area (Å²) in [5, 5.41) is 12.0. The summed E-state index contributed by atoms with van der Waals surface area (Å²) in [6.07, 6.45) is 0. The molecule has 8 nitrogen and oxygen atoms in total. The van der Waals surface area contributed by atoms with E-state index >= 15 is 0 Å². The first-order chi connectivity index (χ1) is 13.1. The van der Waals surface area contributed by atoms with Gasteiger partial charge in [0.1, 0.15) is 6.54 Å². The van der Waals surface area contributed by atoms with Crippen molar-refractivity contribution in [2.75, 3.05) is 16.8 Å². The van der Waals surface area contributed by atoms with Crippen LogP contribution >= 0.6 is 11.6 Å². The van der Waals surface area contributed by atoms with Crippen LogP contribution in [-0.2, 0) is 14.4 Å². The van der Waals surface area contributed by atoms with E-state index in [1.807, 2.05) is 0 Å². The van der Waals surface area contributed by atoms with E-state index in [-0.39, 0.29) is 6.54 Å². The van der Waals surface area contributed by atoms with E-state index in [1.165, 1.54) is 5.01 Å². The zero-order valence-corrected chi connectivity index (χ0v) is 14.7. The van der Waals surface area contributed by atoms with E-state index < -0.39 is 29.8 Å². The number of benzene rings is 2. The molecule has 2 aliphatic heterocycles. The predicted octanol–water partition coefficient (Wildman–Crippen LogP) is 2.27. The Morgan fingerprint density at radius 3 is 2.48 bits per heavy atom. The van der Waals surface area contributed by atoms with Gasteiger partial charge < -0.3 is 5.32 Å². The maximum Gasteiger partial charge on any atom is 0.263 e. The van der Waals surface area contributed by atoms with Crippen LogP contribution in [0.2, 0.25) is 5.02 Å². The van der Waals surface area contributed by atoms with Crippen LogP contribution in [0.3, 0.4) is 0 Å². The summed E-state index contributed by atoms with van der Waals surface area (Å²) in [6, 6.07) is 13.5. The van der Waals surface area contributed by atoms with Crippen molar-refractivity contribution < 1.29 is 14.4 Å². The average molecular weight is 384 g/mol. The highest BCUT2D eigenvalue weighted by Gasteiger charge is 2.55. The summed E-state index contributed by atoms with van der Waals surface area (Å²) in [6.45, 7) is -0.225. The van der Waals surface area contributed by atoms with E-state index in [1.54, 1.807) is 54.6 Å². The first-order valence-electron chi connectivity index (χ1n) is 8.21. The molecule has 0 spiro atoms. The Hall–Kier alpha value is -3.26. The van der Waals surface area contributed by atoms with Gasteiger partial charge in [-0.25, -0.2) is 4.90 Å². The zero-order valence-electron chi connectivity index (χ0n) is 13.9. The second kappa shape index (κ2) is 6.81. The molecule has 9 heteroatoms. The lowest BCUT2D eigenvalue weighted by molar-refractivity contribution is -0.123. The minimum absolute atomic E-state index is 0.225. The first-order valence-corrected chi connectivity index (χ1v) is 8.59. The van der Waals surface area contributed by atoms with Crippen LogP contribution in [0, 0.1) is 0 Å². The average Bonchev–Trinajstić information content (AvgIpc) is 3.18. The van der Waals surface area contributed by atoms with Crippen molar-refractivity contribution >= 4 is 40.7 Å². The number of rotatable bonds is 4. The fraction of sp³-hybridized carbons (Fsp3) is 0.167. The molecule has 2 aromatic carbocycles. The van der Waals surface area contributed by atoms with Gasteiger partial charge >= 0.3 is 0 Å². The van der Waals surface area contributed by atoms with Crippen LogP contribution in [0.4, 0.5) is 11.4 Å². The third-order valence-electron chi connectivity index (χ3n) is 4.33. The van der Waals surface area contributed by atoms with Gasteiger partial charge in [0, 0.05) is 0 Å². The fourth-order valence-electron chi connectivity index (χ4n) is 3.08. The number of carbonyl (C=O) groups is 3. The van der Waals surface area contributed by atoms with Crippen LogP contribution in [-0.4, -0.2) is 41.4 Å². The number of hydrogen-bond donors (Lipinski definition) is 1. The monoisotopic (exact) mass is 383 g/mol. The van der Waals surface area contributed by atoms with Gasteiger partial charge in [-0.15, -0.1) is 0 Å². The molecule has 1 saturated heterocycles. The number of fused-ring (bicyclic) bond motifs is 1. The third kappa shape index (κ3) is 3.04. The SMILES string of the molecule is O=C(CN1N=N[C@@H]2C(=O)N(c3ccccc3)C(=O)[C@H]21)Nc1ccccc1Cl. The Balaban J connectivity index is 1.49. The van der Waals surface area contributed by atoms with Gasteiger partial charge in [-0.2, -0.15) is 5.11 Å². The number of imide groups is 1. The Kier molecular flexibility index (Phi) is 4.33. The lowest BCUT2D eigenvalue weighted by atomic mass is 10.1. The molecule has 1 fully saturated rings. The fourth-order valence-corrected chi connectivity index (χ4v) is 3.27. The number of carbonyl (C=O) groups excluding carboxylic acids is 3. The molecular weight excluding hydrogens is 370 g/mol. The molecule has 2 aliphatic rings. The van der Waals surface area contributed by atoms with Crippen LogP contribution in [0.25, 0.3) is 0 Å². The summed E-state index contributed by atoms with van der Waals surface area (Å²) in [4.78, 5) is 38.8. The van der Waals surface area contributed by atoms with Crippen molar-refractivity contribution in [3.05, 3.63) is 59.6 Å². The van der Waals surface area contributed by atoms with Gasteiger partial charge in [0.05, 0.1) is 16.4 Å². The summed E-state index contributed by atoms with van der Waals surface area (Å²) in [7, 11) is 0. The van der Waals surface area contributed by atoms with Gasteiger partial charge in [-0.1, -0.05) is 47.2 Å². The number of anilines is 2. The zero-order chi connectivity index (χ0) is 19.0. The highest BCUT2D eigenvalue weighted by molar-refractivity contribution is 6.33. The van der Waals surface area contributed by atoms with Gasteiger partial charge in [-0.05, 0) is 24.3 Å². The molecule has 2 atom stereocenters. The highest BCUT2D eigenvalue weighted by atomic mass is 35.5. The molecule has 2 aromatic rings. The number of nitrogens with zero attached hydrogens (tertiary/aromatic N) is 4. The molecule has 0 saturated carbocycles. The molecule has 1 N–H and O–H groups in total. The topological polar surface area (TPSA) is 94.4 Å². The number of halogens is 1. The van der Waals surface area contributed by atoms with Crippen molar-refractivity contribution in [3.8, 4) is 0 Å². The van der Waals surface area contributed by atoms with Crippen molar-refractivity contribution in [1.29, 1.82) is 0 Å². The maximum atomic E-state index is 12.8. The Morgan fingerprint density at radius 1 is 1.04 bits per heavy atom. The normalized spacial score (nSPS) is 20.9. The van der Waals surface area contributed by atoms with Gasteiger partial charge in [0.2, 0.25) is 5.91 Å². The largest absolute Gasteiger partial charge is 0.323 e. The second-order valence-corrected chi connectivity index (χ2v) is 6.47. The minimum Gasteiger partial charge on any atom is -0.323 e. The van der Waals surface area contributed by atoms with Gasteiger partial charge in [0.15, 0.2) is 12.1 Å². The molecule has 0 aliphatic carbocycles. The lowest BCUT2D eigenvalue weighted by Gasteiger charge is -2.20. The Labute approximate surface area is 159 Å². The standard InChI is InChI=1S/C18H14ClN5O3/c19-12-8-4-5-9-13(12)20-14(25)10-23-16-15(21-22-23)17(26)24(18(16)27)11-6-2-1-3-7-11/h1-9,15-16H,10H2,(H,20,25)/t15-,16-/m0/s1. The van der Waals surface area contributed by atoms with Gasteiger partial charge in [-0.3, -0.25) is 19.4 Å². The quantitative estimate of drug-likeness (QED) is 0.819. The second-order valence-electron chi connectivity index (χ2n) is 6.07. The van der Waals surface area contributed by atoms with Crippen LogP contribution in [0.1, 0.15) is 0 Å². The number of nitrogens with one attached hydrogen (secondary N) is 1. The summed E-state index contributed by atoms with van der Waals surface area (Å²) in [5.41, 5.74) is 0.925. The Morgan fingerprint density at radius 2 is 1.74 bits per heavy atom. The molecule has 0 unspecified atom stereocenters. The number of hydrogen-bond acceptors (Lipinski definition) is 6. The van der Waals surface area contributed by atoms with E-state index in [0.717, 1.165) is 4.90 Å². The number of para-hydroxylation sites is 2. The highest BCUT2D eigenvalue weighted by Crippen LogP contribution is 2.31. The molecule has 27 heavy (non-hydrogen) atoms. The number of amides is 3. The van der Waals surface area contributed by atoms with Crippen LogP contribution in [0.5, 0.6) is 0 Å². The summed E-state index contributed by atoms with van der Waals surface area (Å²) >= 11 is 6.03. The maximum absolute atomic E-state index is 12.8. The van der Waals surface area contributed by atoms with Crippen LogP contribution < -0.4 is 10.2 Å². The minimum atomic E-state index is -0.939. The van der Waals surface area contributed by atoms with Gasteiger partial charge in [0.25, 0.3) is 11.8 Å². The van der Waals surface area contributed by atoms with E-state index in [4.69, 9.17) is 11.6 Å². The van der Waals surface area contributed by atoms with E-state index in [2.05, 4.69) is 15.7 Å². The molecule has 3 amide bonds. The van der Waals surface area contributed by atoms with E-state index in [9.17, 15) is 14.4 Å². The predicted molar refractivity (Wildman–Crippen MR) is 98.2 cm³/mol. The first kappa shape index (κ1) is 17.2. The smallest absolute Gasteiger partial charge is 0.263 e. The molecule has 136 valence electrons. The third-order valence-corrected chi connectivity index (χ3v) is 4.66. The van der Waals surface area contributed by atoms with Crippen molar-refractivity contribution in [2.45, 2.75) is 12.1 Å². The lowest BCUT2D eigenvalue weighted by Crippen LogP contribution is -2.43. The summed E-state index contributed by atoms with van der Waals surface area (Å²) in [5.74, 6) is -1.32. The van der Waals surface area contributed by atoms with E-state index in [0.29, 0.717) is 16.4 Å². The molecular formula is C18H14ClN5O3. The molecule has 0 bridgehead atoms. The molecule has 0 radical (unpaired) electrons. The molecule has 0 aromatic heterocycles. The Bertz CT molecular complexity index is 949. The van der Waals surface area contributed by atoms with Crippen molar-refractivity contribution in [1.82, 2.24) is 5.01 Å². The van der Waals surface area contributed by atoms with Crippen molar-refractivity contribution in [2.24, 2.45) is 10.3 Å². The molecule has 4 rings (SSSR count).